The standard InChI is InChI=1S/C25H28FN3O3/c1-5-28(16-19-7-6-8-21(26)15-19)25(31)20-9-11-22(12-10-20)29-18(3)23(17(2)27-29)13-14-24(30)32-4/h6-12,15H,5,13-14,16H2,1-4H3. The summed E-state index contributed by atoms with van der Waals surface area (Å²) in [6, 6.07) is 13.5. The molecule has 3 aromatic rings. The zero-order chi connectivity index (χ0) is 23.3. The molecule has 168 valence electrons. The average Bonchev–Trinajstić information content (AvgIpc) is 3.08. The Morgan fingerprint density at radius 1 is 1.12 bits per heavy atom. The summed E-state index contributed by atoms with van der Waals surface area (Å²) in [5.41, 5.74) is 4.96. The van der Waals surface area contributed by atoms with Gasteiger partial charge in [-0.3, -0.25) is 9.59 Å². The number of benzene rings is 2. The Kier molecular flexibility index (Phi) is 7.41. The van der Waals surface area contributed by atoms with Gasteiger partial charge in [0, 0.05) is 30.8 Å². The minimum atomic E-state index is -0.314. The van der Waals surface area contributed by atoms with Crippen LogP contribution in [-0.4, -0.2) is 40.2 Å². The van der Waals surface area contributed by atoms with E-state index in [1.807, 2.05) is 43.7 Å². The number of halogens is 1. The van der Waals surface area contributed by atoms with Crippen molar-refractivity contribution in [2.24, 2.45) is 0 Å². The number of aromatic nitrogens is 2. The zero-order valence-electron chi connectivity index (χ0n) is 18.9. The molecule has 0 aliphatic heterocycles. The van der Waals surface area contributed by atoms with Gasteiger partial charge in [-0.2, -0.15) is 5.10 Å². The molecule has 7 heteroatoms. The molecule has 1 aromatic heterocycles. The summed E-state index contributed by atoms with van der Waals surface area (Å²) >= 11 is 0. The Bertz CT molecular complexity index is 1110. The summed E-state index contributed by atoms with van der Waals surface area (Å²) < 4.78 is 20.0. The second-order valence-corrected chi connectivity index (χ2v) is 7.63. The van der Waals surface area contributed by atoms with Gasteiger partial charge in [0.1, 0.15) is 5.82 Å². The van der Waals surface area contributed by atoms with E-state index in [0.717, 1.165) is 28.2 Å². The lowest BCUT2D eigenvalue weighted by molar-refractivity contribution is -0.140. The first kappa shape index (κ1) is 23.2. The summed E-state index contributed by atoms with van der Waals surface area (Å²) in [7, 11) is 1.38. The van der Waals surface area contributed by atoms with Gasteiger partial charge >= 0.3 is 5.97 Å². The normalized spacial score (nSPS) is 10.8. The lowest BCUT2D eigenvalue weighted by atomic mass is 10.1. The number of hydrogen-bond donors (Lipinski definition) is 0. The molecule has 0 atom stereocenters. The van der Waals surface area contributed by atoms with Crippen LogP contribution in [0.4, 0.5) is 4.39 Å². The molecule has 6 nitrogen and oxygen atoms in total. The van der Waals surface area contributed by atoms with E-state index >= 15 is 0 Å². The van der Waals surface area contributed by atoms with Crippen LogP contribution in [0.2, 0.25) is 0 Å². The van der Waals surface area contributed by atoms with Crippen molar-refractivity contribution in [3.63, 3.8) is 0 Å². The summed E-state index contributed by atoms with van der Waals surface area (Å²) in [5.74, 6) is -0.681. The van der Waals surface area contributed by atoms with Gasteiger partial charge in [0.15, 0.2) is 0 Å². The molecule has 0 fully saturated rings. The molecule has 32 heavy (non-hydrogen) atoms. The van der Waals surface area contributed by atoms with Gasteiger partial charge in [0.05, 0.1) is 18.5 Å². The van der Waals surface area contributed by atoms with Gasteiger partial charge in [-0.1, -0.05) is 12.1 Å². The van der Waals surface area contributed by atoms with Crippen LogP contribution in [0, 0.1) is 19.7 Å². The second-order valence-electron chi connectivity index (χ2n) is 7.63. The second kappa shape index (κ2) is 10.2. The Morgan fingerprint density at radius 2 is 1.84 bits per heavy atom. The van der Waals surface area contributed by atoms with Gasteiger partial charge < -0.3 is 9.64 Å². The van der Waals surface area contributed by atoms with Crippen LogP contribution in [0.25, 0.3) is 5.69 Å². The van der Waals surface area contributed by atoms with Gasteiger partial charge in [-0.15, -0.1) is 0 Å². The van der Waals surface area contributed by atoms with Crippen molar-refractivity contribution in [2.75, 3.05) is 13.7 Å². The third-order valence-electron chi connectivity index (χ3n) is 5.54. The van der Waals surface area contributed by atoms with Gasteiger partial charge in [-0.05, 0) is 74.7 Å². The molecule has 0 N–H and O–H groups in total. The first-order valence-corrected chi connectivity index (χ1v) is 10.6. The highest BCUT2D eigenvalue weighted by molar-refractivity contribution is 5.94. The molecular formula is C25H28FN3O3. The minimum Gasteiger partial charge on any atom is -0.469 e. The van der Waals surface area contributed by atoms with Crippen LogP contribution in [0.15, 0.2) is 48.5 Å². The Hall–Kier alpha value is -3.48. The van der Waals surface area contributed by atoms with E-state index < -0.39 is 0 Å². The van der Waals surface area contributed by atoms with E-state index in [1.165, 1.54) is 19.2 Å². The number of esters is 1. The van der Waals surface area contributed by atoms with Gasteiger partial charge in [0.25, 0.3) is 5.91 Å². The van der Waals surface area contributed by atoms with Crippen molar-refractivity contribution >= 4 is 11.9 Å². The van der Waals surface area contributed by atoms with Crippen LogP contribution in [-0.2, 0) is 22.5 Å². The molecule has 0 aliphatic rings. The van der Waals surface area contributed by atoms with Crippen LogP contribution in [0.3, 0.4) is 0 Å². The molecule has 2 aromatic carbocycles. The van der Waals surface area contributed by atoms with Crippen LogP contribution in [0.5, 0.6) is 0 Å². The number of aryl methyl sites for hydroxylation is 1. The van der Waals surface area contributed by atoms with E-state index in [0.29, 0.717) is 31.5 Å². The first-order valence-electron chi connectivity index (χ1n) is 10.6. The van der Waals surface area contributed by atoms with Gasteiger partial charge in [0.2, 0.25) is 0 Å². The first-order chi connectivity index (χ1) is 15.3. The lowest BCUT2D eigenvalue weighted by Crippen LogP contribution is -2.30. The van der Waals surface area contributed by atoms with E-state index in [2.05, 4.69) is 5.10 Å². The molecule has 0 radical (unpaired) electrons. The van der Waals surface area contributed by atoms with Gasteiger partial charge in [-0.25, -0.2) is 9.07 Å². The Labute approximate surface area is 187 Å². The molecule has 1 amide bonds. The number of ether oxygens (including phenoxy) is 1. The number of amides is 1. The maximum atomic E-state index is 13.5. The average molecular weight is 438 g/mol. The smallest absolute Gasteiger partial charge is 0.305 e. The minimum absolute atomic E-state index is 0.115. The third-order valence-corrected chi connectivity index (χ3v) is 5.54. The molecule has 3 rings (SSSR count). The van der Waals surface area contributed by atoms with Crippen LogP contribution >= 0.6 is 0 Å². The largest absolute Gasteiger partial charge is 0.469 e. The highest BCUT2D eigenvalue weighted by atomic mass is 19.1. The van der Waals surface area contributed by atoms with E-state index in [1.54, 1.807) is 23.1 Å². The predicted octanol–water partition coefficient (Wildman–Crippen LogP) is 4.40. The molecule has 1 heterocycles. The quantitative estimate of drug-likeness (QED) is 0.490. The summed E-state index contributed by atoms with van der Waals surface area (Å²) in [6.07, 6.45) is 0.863. The van der Waals surface area contributed by atoms with Crippen molar-refractivity contribution in [2.45, 2.75) is 40.2 Å². The van der Waals surface area contributed by atoms with Crippen LogP contribution in [0.1, 0.15) is 46.2 Å². The topological polar surface area (TPSA) is 64.4 Å². The molecular weight excluding hydrogens is 409 g/mol. The fraction of sp³-hybridized carbons (Fsp3) is 0.320. The number of rotatable bonds is 8. The summed E-state index contributed by atoms with van der Waals surface area (Å²) in [5, 5.41) is 4.61. The number of methoxy groups -OCH3 is 1. The maximum Gasteiger partial charge on any atom is 0.305 e. The fourth-order valence-electron chi connectivity index (χ4n) is 3.73. The molecule has 0 bridgehead atoms. The maximum absolute atomic E-state index is 13.5. The highest BCUT2D eigenvalue weighted by Crippen LogP contribution is 2.21. The number of hydrogen-bond acceptors (Lipinski definition) is 4. The Balaban J connectivity index is 1.77. The van der Waals surface area contributed by atoms with Crippen molar-refractivity contribution < 1.29 is 18.7 Å². The molecule has 0 spiro atoms. The highest BCUT2D eigenvalue weighted by Gasteiger charge is 2.17. The number of carbonyl (C=O) groups excluding carboxylic acids is 2. The van der Waals surface area contributed by atoms with E-state index in [9.17, 15) is 14.0 Å². The zero-order valence-corrected chi connectivity index (χ0v) is 18.9. The van der Waals surface area contributed by atoms with Crippen molar-refractivity contribution in [1.29, 1.82) is 0 Å². The monoisotopic (exact) mass is 437 g/mol. The van der Waals surface area contributed by atoms with E-state index in [4.69, 9.17) is 4.74 Å². The SMILES string of the molecule is CCN(Cc1cccc(F)c1)C(=O)c1ccc(-n2nc(C)c(CCC(=O)OC)c2C)cc1. The van der Waals surface area contributed by atoms with Crippen molar-refractivity contribution in [3.8, 4) is 5.69 Å². The predicted molar refractivity (Wildman–Crippen MR) is 120 cm³/mol. The molecule has 0 saturated heterocycles. The van der Waals surface area contributed by atoms with Crippen molar-refractivity contribution in [1.82, 2.24) is 14.7 Å². The molecule has 0 saturated carbocycles. The summed E-state index contributed by atoms with van der Waals surface area (Å²) in [4.78, 5) is 26.2. The third kappa shape index (κ3) is 5.22. The van der Waals surface area contributed by atoms with E-state index in [-0.39, 0.29) is 17.7 Å². The Morgan fingerprint density at radius 3 is 2.47 bits per heavy atom. The number of carbonyl (C=O) groups is 2. The van der Waals surface area contributed by atoms with Crippen molar-refractivity contribution in [3.05, 3.63) is 82.4 Å². The summed E-state index contributed by atoms with van der Waals surface area (Å²) in [6.45, 7) is 6.63. The fourth-order valence-corrected chi connectivity index (χ4v) is 3.73. The molecule has 0 unspecified atom stereocenters. The van der Waals surface area contributed by atoms with Crippen LogP contribution < -0.4 is 0 Å². The number of nitrogens with zero attached hydrogens (tertiary/aromatic N) is 3. The lowest BCUT2D eigenvalue weighted by Gasteiger charge is -2.21. The molecule has 0 aliphatic carbocycles.